The lowest BCUT2D eigenvalue weighted by Crippen LogP contribution is -2.41. The van der Waals surface area contributed by atoms with Crippen molar-refractivity contribution in [3.05, 3.63) is 40.8 Å². The molecule has 2 aliphatic heterocycles. The zero-order valence-corrected chi connectivity index (χ0v) is 19.4. The Morgan fingerprint density at radius 1 is 1.29 bits per heavy atom. The molecule has 1 aromatic heterocycles. The maximum Gasteiger partial charge on any atom is 0.418 e. The fourth-order valence-corrected chi connectivity index (χ4v) is 4.08. The van der Waals surface area contributed by atoms with E-state index in [4.69, 9.17) is 9.47 Å². The Bertz CT molecular complexity index is 1070. The van der Waals surface area contributed by atoms with Crippen LogP contribution in [0, 0.1) is 5.82 Å². The summed E-state index contributed by atoms with van der Waals surface area (Å²) in [6, 6.07) is 2.54. The van der Waals surface area contributed by atoms with Gasteiger partial charge >= 0.3 is 12.3 Å². The number of halogens is 4. The van der Waals surface area contributed by atoms with Crippen LogP contribution in [0.1, 0.15) is 43.9 Å². The Balaban J connectivity index is 1.74. The van der Waals surface area contributed by atoms with E-state index in [1.54, 1.807) is 25.5 Å². The first kappa shape index (κ1) is 24.3. The number of rotatable bonds is 3. The predicted molar refractivity (Wildman–Crippen MR) is 115 cm³/mol. The Hall–Kier alpha value is -2.86. The number of fused-ring (bicyclic) bond motifs is 1. The molecule has 1 unspecified atom stereocenters. The molecule has 3 heterocycles. The number of hydrogen-bond donors (Lipinski definition) is 1. The summed E-state index contributed by atoms with van der Waals surface area (Å²) in [5.74, 6) is -0.693. The van der Waals surface area contributed by atoms with Crippen molar-refractivity contribution in [1.82, 2.24) is 20.0 Å². The van der Waals surface area contributed by atoms with Crippen molar-refractivity contribution in [1.29, 1.82) is 0 Å². The van der Waals surface area contributed by atoms with Crippen LogP contribution in [-0.4, -0.2) is 53.1 Å². The summed E-state index contributed by atoms with van der Waals surface area (Å²) in [6.45, 7) is 6.80. The van der Waals surface area contributed by atoms with Crippen LogP contribution in [0.2, 0.25) is 0 Å². The Labute approximate surface area is 194 Å². The number of alkyl halides is 3. The highest BCUT2D eigenvalue weighted by Crippen LogP contribution is 2.41. The minimum Gasteiger partial charge on any atom is -0.444 e. The highest BCUT2D eigenvalue weighted by atomic mass is 19.4. The fourth-order valence-electron chi connectivity index (χ4n) is 4.08. The van der Waals surface area contributed by atoms with Gasteiger partial charge in [0.2, 0.25) is 6.35 Å². The molecule has 0 radical (unpaired) electrons. The molecule has 0 aliphatic carbocycles. The summed E-state index contributed by atoms with van der Waals surface area (Å²) in [6.07, 6.45) is -5.51. The van der Waals surface area contributed by atoms with Crippen molar-refractivity contribution >= 4 is 17.6 Å². The second-order valence-corrected chi connectivity index (χ2v) is 9.24. The molecular weight excluding hydrogens is 458 g/mol. The van der Waals surface area contributed by atoms with Crippen molar-refractivity contribution in [2.45, 2.75) is 51.9 Å². The van der Waals surface area contributed by atoms with E-state index in [-0.39, 0.29) is 18.1 Å². The van der Waals surface area contributed by atoms with Crippen LogP contribution in [0.25, 0.3) is 0 Å². The van der Waals surface area contributed by atoms with Crippen LogP contribution in [-0.2, 0) is 28.6 Å². The summed E-state index contributed by atoms with van der Waals surface area (Å²) in [4.78, 5) is 15.5. The predicted octanol–water partition coefficient (Wildman–Crippen LogP) is 4.18. The zero-order chi connectivity index (χ0) is 24.8. The van der Waals surface area contributed by atoms with Crippen molar-refractivity contribution in [3.8, 4) is 0 Å². The number of ether oxygens (including phenoxy) is 2. The Morgan fingerprint density at radius 2 is 2.03 bits per heavy atom. The number of nitrogens with zero attached hydrogens (tertiary/aromatic N) is 4. The number of carbonyl (C=O) groups is 1. The first-order chi connectivity index (χ1) is 15.8. The van der Waals surface area contributed by atoms with Gasteiger partial charge in [0, 0.05) is 25.7 Å². The molecular formula is C22H27F4N5O3. The summed E-state index contributed by atoms with van der Waals surface area (Å²) in [5.41, 5.74) is -0.669. The van der Waals surface area contributed by atoms with E-state index in [2.05, 4.69) is 10.4 Å². The molecule has 186 valence electrons. The standard InChI is InChI=1S/C22H27F4N5O3/c1-21(2,3)34-20(32)30-9-7-14-17(12-30)31(19-27-8-10-33-19)28-18(14)29(4)16-6-5-13(23)11-15(16)22(24,25)26/h5-6,11,19,27H,7-10,12H2,1-4H3. The quantitative estimate of drug-likeness (QED) is 0.658. The van der Waals surface area contributed by atoms with Gasteiger partial charge in [-0.2, -0.15) is 18.3 Å². The molecule has 0 bridgehead atoms. The summed E-state index contributed by atoms with van der Waals surface area (Å²) >= 11 is 0. The molecule has 1 amide bonds. The minimum absolute atomic E-state index is 0.155. The third-order valence-electron chi connectivity index (χ3n) is 5.58. The summed E-state index contributed by atoms with van der Waals surface area (Å²) < 4.78 is 67.4. The molecule has 1 N–H and O–H groups in total. The van der Waals surface area contributed by atoms with Crippen LogP contribution >= 0.6 is 0 Å². The molecule has 1 aromatic carbocycles. The van der Waals surface area contributed by atoms with Crippen LogP contribution < -0.4 is 10.2 Å². The first-order valence-electron chi connectivity index (χ1n) is 10.9. The molecule has 2 aromatic rings. The topological polar surface area (TPSA) is 71.9 Å². The highest BCUT2D eigenvalue weighted by molar-refractivity contribution is 5.71. The molecule has 4 rings (SSSR count). The third kappa shape index (κ3) is 4.83. The molecule has 1 atom stereocenters. The van der Waals surface area contributed by atoms with E-state index in [0.29, 0.717) is 43.4 Å². The number of anilines is 2. The lowest BCUT2D eigenvalue weighted by atomic mass is 10.1. The third-order valence-corrected chi connectivity index (χ3v) is 5.58. The second kappa shape index (κ2) is 8.73. The number of amides is 1. The Kier molecular flexibility index (Phi) is 6.23. The van der Waals surface area contributed by atoms with Gasteiger partial charge in [-0.05, 0) is 45.4 Å². The van der Waals surface area contributed by atoms with E-state index in [9.17, 15) is 22.4 Å². The van der Waals surface area contributed by atoms with E-state index in [1.807, 2.05) is 0 Å². The van der Waals surface area contributed by atoms with Gasteiger partial charge in [-0.3, -0.25) is 5.32 Å². The largest absolute Gasteiger partial charge is 0.444 e. The second-order valence-electron chi connectivity index (χ2n) is 9.24. The molecule has 1 saturated heterocycles. The number of benzene rings is 1. The number of carbonyl (C=O) groups excluding carboxylic acids is 1. The monoisotopic (exact) mass is 485 g/mol. The highest BCUT2D eigenvalue weighted by Gasteiger charge is 2.38. The minimum atomic E-state index is -4.75. The molecule has 1 fully saturated rings. The van der Waals surface area contributed by atoms with Crippen LogP contribution in [0.5, 0.6) is 0 Å². The summed E-state index contributed by atoms with van der Waals surface area (Å²) in [5, 5.41) is 7.72. The van der Waals surface area contributed by atoms with Gasteiger partial charge in [0.05, 0.1) is 30.1 Å². The van der Waals surface area contributed by atoms with Crippen molar-refractivity contribution in [2.75, 3.05) is 31.6 Å². The number of hydrogen-bond acceptors (Lipinski definition) is 6. The first-order valence-corrected chi connectivity index (χ1v) is 10.9. The van der Waals surface area contributed by atoms with Gasteiger partial charge < -0.3 is 19.3 Å². The van der Waals surface area contributed by atoms with Gasteiger partial charge in [0.25, 0.3) is 0 Å². The maximum atomic E-state index is 13.7. The average molecular weight is 485 g/mol. The molecule has 8 nitrogen and oxygen atoms in total. The van der Waals surface area contributed by atoms with Crippen molar-refractivity contribution in [2.24, 2.45) is 0 Å². The van der Waals surface area contributed by atoms with Crippen molar-refractivity contribution in [3.63, 3.8) is 0 Å². The maximum absolute atomic E-state index is 13.7. The van der Waals surface area contributed by atoms with Crippen LogP contribution in [0.15, 0.2) is 18.2 Å². The van der Waals surface area contributed by atoms with Crippen LogP contribution in [0.4, 0.5) is 33.9 Å². The van der Waals surface area contributed by atoms with E-state index in [1.165, 1.54) is 16.8 Å². The molecule has 12 heteroatoms. The molecule has 0 spiro atoms. The Morgan fingerprint density at radius 3 is 2.65 bits per heavy atom. The molecule has 0 saturated carbocycles. The normalized spacial score (nSPS) is 18.7. The van der Waals surface area contributed by atoms with E-state index < -0.39 is 35.6 Å². The SMILES string of the molecule is CN(c1ccc(F)cc1C(F)(F)F)c1nn(C2NCCO2)c2c1CCN(C(=O)OC(C)(C)C)C2. The number of nitrogens with one attached hydrogen (secondary N) is 1. The zero-order valence-electron chi connectivity index (χ0n) is 19.4. The smallest absolute Gasteiger partial charge is 0.418 e. The van der Waals surface area contributed by atoms with Crippen molar-refractivity contribution < 1.29 is 31.8 Å². The summed E-state index contributed by atoms with van der Waals surface area (Å²) in [7, 11) is 1.46. The van der Waals surface area contributed by atoms with Crippen LogP contribution in [0.3, 0.4) is 0 Å². The van der Waals surface area contributed by atoms with Gasteiger partial charge in [0.1, 0.15) is 11.4 Å². The fraction of sp³-hybridized carbons (Fsp3) is 0.545. The van der Waals surface area contributed by atoms with E-state index >= 15 is 0 Å². The molecule has 2 aliphatic rings. The van der Waals surface area contributed by atoms with Gasteiger partial charge in [-0.1, -0.05) is 0 Å². The number of aromatic nitrogens is 2. The van der Waals surface area contributed by atoms with E-state index in [0.717, 1.165) is 12.1 Å². The average Bonchev–Trinajstić information content (AvgIpc) is 3.38. The lowest BCUT2D eigenvalue weighted by Gasteiger charge is -2.31. The van der Waals surface area contributed by atoms with Gasteiger partial charge in [-0.15, -0.1) is 0 Å². The lowest BCUT2D eigenvalue weighted by molar-refractivity contribution is -0.137. The van der Waals surface area contributed by atoms with Gasteiger partial charge in [-0.25, -0.2) is 13.9 Å². The van der Waals surface area contributed by atoms with Gasteiger partial charge in [0.15, 0.2) is 5.82 Å². The molecule has 34 heavy (non-hydrogen) atoms.